The number of ketones is 2. The molecule has 0 radical (unpaired) electrons. The number of hydrogen-bond donors (Lipinski definition) is 0. The molecule has 0 saturated heterocycles. The summed E-state index contributed by atoms with van der Waals surface area (Å²) in [5.41, 5.74) is 4.49. The van der Waals surface area contributed by atoms with E-state index in [9.17, 15) is 9.59 Å². The molecule has 0 unspecified atom stereocenters. The summed E-state index contributed by atoms with van der Waals surface area (Å²) >= 11 is 0. The SMILES string of the molecule is COc1cc(C)c(C2CC(=O)CC(=O)C2)c(C)c1C. The van der Waals surface area contributed by atoms with E-state index in [-0.39, 0.29) is 23.9 Å². The number of benzene rings is 1. The van der Waals surface area contributed by atoms with Gasteiger partial charge in [0.25, 0.3) is 0 Å². The van der Waals surface area contributed by atoms with E-state index >= 15 is 0 Å². The van der Waals surface area contributed by atoms with Gasteiger partial charge in [-0.3, -0.25) is 9.59 Å². The average Bonchev–Trinajstić information content (AvgIpc) is 2.32. The van der Waals surface area contributed by atoms with E-state index in [1.807, 2.05) is 26.8 Å². The Morgan fingerprint density at radius 3 is 2.16 bits per heavy atom. The number of ether oxygens (including phenoxy) is 1. The maximum Gasteiger partial charge on any atom is 0.140 e. The molecule has 1 aliphatic rings. The minimum atomic E-state index is 0.0401. The van der Waals surface area contributed by atoms with Gasteiger partial charge >= 0.3 is 0 Å². The van der Waals surface area contributed by atoms with Crippen molar-refractivity contribution in [2.45, 2.75) is 46.0 Å². The van der Waals surface area contributed by atoms with Gasteiger partial charge in [0.2, 0.25) is 0 Å². The fourth-order valence-corrected chi connectivity index (χ4v) is 3.10. The third-order valence-electron chi connectivity index (χ3n) is 4.08. The van der Waals surface area contributed by atoms with E-state index in [4.69, 9.17) is 4.74 Å². The molecule has 2 rings (SSSR count). The second-order valence-corrected chi connectivity index (χ2v) is 5.42. The van der Waals surface area contributed by atoms with Crippen molar-refractivity contribution >= 4 is 11.6 Å². The van der Waals surface area contributed by atoms with Gasteiger partial charge in [-0.2, -0.15) is 0 Å². The van der Waals surface area contributed by atoms with Crippen LogP contribution in [0.1, 0.15) is 47.4 Å². The fraction of sp³-hybridized carbons (Fsp3) is 0.500. The highest BCUT2D eigenvalue weighted by Gasteiger charge is 2.29. The summed E-state index contributed by atoms with van der Waals surface area (Å²) in [7, 11) is 1.66. The lowest BCUT2D eigenvalue weighted by Crippen LogP contribution is -2.22. The molecule has 0 heterocycles. The predicted molar refractivity (Wildman–Crippen MR) is 73.8 cm³/mol. The fourth-order valence-electron chi connectivity index (χ4n) is 3.10. The molecule has 1 saturated carbocycles. The molecule has 0 aromatic heterocycles. The lowest BCUT2D eigenvalue weighted by molar-refractivity contribution is -0.130. The Balaban J connectivity index is 2.47. The van der Waals surface area contributed by atoms with Crippen LogP contribution in [0.3, 0.4) is 0 Å². The van der Waals surface area contributed by atoms with Crippen LogP contribution in [0.25, 0.3) is 0 Å². The molecule has 1 aliphatic carbocycles. The molecule has 0 atom stereocenters. The monoisotopic (exact) mass is 260 g/mol. The first-order chi connectivity index (χ1) is 8.93. The summed E-state index contributed by atoms with van der Waals surface area (Å²) in [5.74, 6) is 1.03. The van der Waals surface area contributed by atoms with Crippen molar-refractivity contribution in [1.82, 2.24) is 0 Å². The van der Waals surface area contributed by atoms with E-state index in [2.05, 4.69) is 0 Å². The summed E-state index contributed by atoms with van der Waals surface area (Å²) in [6, 6.07) is 2.00. The number of rotatable bonds is 2. The van der Waals surface area contributed by atoms with Crippen LogP contribution in [0.15, 0.2) is 6.07 Å². The summed E-state index contributed by atoms with van der Waals surface area (Å²) in [6.07, 6.45) is 1.09. The standard InChI is InChI=1S/C16H20O3/c1-9-5-15(19-4)10(2)11(3)16(9)12-6-13(17)8-14(18)7-12/h5,12H,6-8H2,1-4H3. The van der Waals surface area contributed by atoms with E-state index in [1.54, 1.807) is 7.11 Å². The highest BCUT2D eigenvalue weighted by molar-refractivity contribution is 6.02. The van der Waals surface area contributed by atoms with E-state index < -0.39 is 0 Å². The summed E-state index contributed by atoms with van der Waals surface area (Å²) < 4.78 is 5.36. The molecule has 19 heavy (non-hydrogen) atoms. The number of methoxy groups -OCH3 is 1. The van der Waals surface area contributed by atoms with Crippen molar-refractivity contribution in [2.24, 2.45) is 0 Å². The molecule has 0 bridgehead atoms. The lowest BCUT2D eigenvalue weighted by Gasteiger charge is -2.25. The molecule has 1 aromatic carbocycles. The van der Waals surface area contributed by atoms with Crippen LogP contribution in [0.4, 0.5) is 0 Å². The van der Waals surface area contributed by atoms with Gasteiger partial charge in [0.05, 0.1) is 13.5 Å². The Morgan fingerprint density at radius 2 is 1.63 bits per heavy atom. The van der Waals surface area contributed by atoms with Crippen molar-refractivity contribution < 1.29 is 14.3 Å². The largest absolute Gasteiger partial charge is 0.496 e. The third kappa shape index (κ3) is 2.55. The number of hydrogen-bond acceptors (Lipinski definition) is 3. The number of carbonyl (C=O) groups is 2. The molecule has 0 spiro atoms. The minimum absolute atomic E-state index is 0.0401. The highest BCUT2D eigenvalue weighted by Crippen LogP contribution is 2.37. The van der Waals surface area contributed by atoms with Gasteiger partial charge in [-0.1, -0.05) is 0 Å². The molecule has 102 valence electrons. The van der Waals surface area contributed by atoms with Crippen LogP contribution in [-0.4, -0.2) is 18.7 Å². The Hall–Kier alpha value is -1.64. The van der Waals surface area contributed by atoms with Crippen LogP contribution < -0.4 is 4.74 Å². The Bertz CT molecular complexity index is 527. The minimum Gasteiger partial charge on any atom is -0.496 e. The van der Waals surface area contributed by atoms with Crippen LogP contribution in [-0.2, 0) is 9.59 Å². The molecule has 0 aliphatic heterocycles. The van der Waals surface area contributed by atoms with Crippen LogP contribution in [0, 0.1) is 20.8 Å². The summed E-state index contributed by atoms with van der Waals surface area (Å²) in [5, 5.41) is 0. The Labute approximate surface area is 114 Å². The Kier molecular flexibility index (Phi) is 3.74. The average molecular weight is 260 g/mol. The summed E-state index contributed by atoms with van der Waals surface area (Å²) in [6.45, 7) is 6.08. The van der Waals surface area contributed by atoms with Gasteiger partial charge in [-0.15, -0.1) is 0 Å². The van der Waals surface area contributed by atoms with Gasteiger partial charge < -0.3 is 4.74 Å². The van der Waals surface area contributed by atoms with Gasteiger partial charge in [0.15, 0.2) is 0 Å². The quantitative estimate of drug-likeness (QED) is 0.768. The molecule has 0 N–H and O–H groups in total. The van der Waals surface area contributed by atoms with Crippen LogP contribution in [0.5, 0.6) is 5.75 Å². The third-order valence-corrected chi connectivity index (χ3v) is 4.08. The number of carbonyl (C=O) groups excluding carboxylic acids is 2. The van der Waals surface area contributed by atoms with Crippen molar-refractivity contribution in [2.75, 3.05) is 7.11 Å². The number of aryl methyl sites for hydroxylation is 1. The first kappa shape index (κ1) is 13.8. The molecule has 3 heteroatoms. The van der Waals surface area contributed by atoms with E-state index in [0.717, 1.165) is 28.0 Å². The van der Waals surface area contributed by atoms with Crippen LogP contribution >= 0.6 is 0 Å². The first-order valence-electron chi connectivity index (χ1n) is 6.62. The Morgan fingerprint density at radius 1 is 1.05 bits per heavy atom. The second kappa shape index (κ2) is 5.16. The van der Waals surface area contributed by atoms with Gasteiger partial charge in [-0.05, 0) is 55.0 Å². The van der Waals surface area contributed by atoms with Crippen molar-refractivity contribution in [3.63, 3.8) is 0 Å². The van der Waals surface area contributed by atoms with Gasteiger partial charge in [0.1, 0.15) is 17.3 Å². The molecule has 0 amide bonds. The normalized spacial score (nSPS) is 16.8. The van der Waals surface area contributed by atoms with Gasteiger partial charge in [0, 0.05) is 12.8 Å². The predicted octanol–water partition coefficient (Wildman–Crippen LogP) is 3.03. The zero-order chi connectivity index (χ0) is 14.2. The highest BCUT2D eigenvalue weighted by atomic mass is 16.5. The smallest absolute Gasteiger partial charge is 0.140 e. The van der Waals surface area contributed by atoms with E-state index in [0.29, 0.717) is 12.8 Å². The number of Topliss-reactive ketones (excluding diaryl/α,β-unsaturated/α-hetero) is 2. The first-order valence-corrected chi connectivity index (χ1v) is 6.62. The van der Waals surface area contributed by atoms with E-state index in [1.165, 1.54) is 0 Å². The van der Waals surface area contributed by atoms with Crippen molar-refractivity contribution in [3.8, 4) is 5.75 Å². The zero-order valence-electron chi connectivity index (χ0n) is 12.0. The lowest BCUT2D eigenvalue weighted by atomic mass is 9.78. The molecular weight excluding hydrogens is 240 g/mol. The van der Waals surface area contributed by atoms with Crippen molar-refractivity contribution in [1.29, 1.82) is 0 Å². The van der Waals surface area contributed by atoms with Gasteiger partial charge in [-0.25, -0.2) is 0 Å². The molecule has 1 fully saturated rings. The molecule has 3 nitrogen and oxygen atoms in total. The van der Waals surface area contributed by atoms with Crippen LogP contribution in [0.2, 0.25) is 0 Å². The molecule has 1 aromatic rings. The topological polar surface area (TPSA) is 43.4 Å². The van der Waals surface area contributed by atoms with Crippen molar-refractivity contribution in [3.05, 3.63) is 28.3 Å². The molecular formula is C16H20O3. The summed E-state index contributed by atoms with van der Waals surface area (Å²) in [4.78, 5) is 23.3. The maximum atomic E-state index is 11.6. The second-order valence-electron chi connectivity index (χ2n) is 5.42. The zero-order valence-corrected chi connectivity index (χ0v) is 12.0. The maximum absolute atomic E-state index is 11.6.